The Hall–Kier alpha value is -1.43. The van der Waals surface area contributed by atoms with E-state index in [1.807, 2.05) is 0 Å². The number of ether oxygens (including phenoxy) is 1. The average Bonchev–Trinajstić information content (AvgIpc) is 3.44. The minimum absolute atomic E-state index is 0.0672. The van der Waals surface area contributed by atoms with Crippen molar-refractivity contribution < 1.29 is 14.6 Å². The van der Waals surface area contributed by atoms with E-state index in [4.69, 9.17) is 4.74 Å². The van der Waals surface area contributed by atoms with E-state index in [2.05, 4.69) is 49.6 Å². The summed E-state index contributed by atoms with van der Waals surface area (Å²) in [6, 6.07) is 0.433. The molecule has 0 saturated heterocycles. The van der Waals surface area contributed by atoms with Gasteiger partial charge in [0.2, 0.25) is 0 Å². The molecule has 0 radical (unpaired) electrons. The van der Waals surface area contributed by atoms with Crippen LogP contribution in [0, 0.1) is 17.3 Å². The summed E-state index contributed by atoms with van der Waals surface area (Å²) >= 11 is 0. The molecule has 1 N–H and O–H groups in total. The van der Waals surface area contributed by atoms with Gasteiger partial charge in [-0.3, -0.25) is 4.79 Å². The molecule has 1 atom stereocenters. The minimum atomic E-state index is -0.752. The number of hydrogen-bond donors (Lipinski definition) is 1. The molecule has 0 aliphatic heterocycles. The predicted octanol–water partition coefficient (Wildman–Crippen LogP) is 6.33. The van der Waals surface area contributed by atoms with Gasteiger partial charge in [-0.15, -0.1) is 5.10 Å². The average molecular weight is 448 g/mol. The summed E-state index contributed by atoms with van der Waals surface area (Å²) in [5.41, 5.74) is 2.57. The summed E-state index contributed by atoms with van der Waals surface area (Å²) < 4.78 is 7.90. The third-order valence-electron chi connectivity index (χ3n) is 7.95. The second-order valence-electron chi connectivity index (χ2n) is 11.3. The first-order valence-corrected chi connectivity index (χ1v) is 13.0. The summed E-state index contributed by atoms with van der Waals surface area (Å²) in [5, 5.41) is 18.7. The Morgan fingerprint density at radius 3 is 2.50 bits per heavy atom. The first kappa shape index (κ1) is 25.2. The quantitative estimate of drug-likeness (QED) is 0.318. The van der Waals surface area contributed by atoms with Crippen LogP contribution in [0.15, 0.2) is 0 Å². The fourth-order valence-electron chi connectivity index (χ4n) is 5.00. The molecule has 2 saturated carbocycles. The summed E-state index contributed by atoms with van der Waals surface area (Å²) in [5.74, 6) is 1.14. The van der Waals surface area contributed by atoms with Gasteiger partial charge in [0.05, 0.1) is 23.9 Å². The lowest BCUT2D eigenvalue weighted by Crippen LogP contribution is -2.33. The Morgan fingerprint density at radius 1 is 1.22 bits per heavy atom. The van der Waals surface area contributed by atoms with Gasteiger partial charge < -0.3 is 9.84 Å². The van der Waals surface area contributed by atoms with Crippen molar-refractivity contribution in [2.45, 2.75) is 117 Å². The van der Waals surface area contributed by atoms with Gasteiger partial charge in [0.15, 0.2) is 0 Å². The van der Waals surface area contributed by atoms with Gasteiger partial charge in [-0.2, -0.15) is 0 Å². The standard InChI is InChI=1S/C26H45N3O3/c1-6-7-12-32-13-8-9-21(16-23(30)31)24-25(20-10-11-20)29(28-27-24)22-14-19(15-22)17-26(4,5)18(2)3/h18-22H,6-17H2,1-5H3,(H,30,31)/t19?,21-,22?/m0/s1. The Balaban J connectivity index is 1.64. The number of aromatic nitrogens is 3. The Labute approximate surface area is 194 Å². The highest BCUT2D eigenvalue weighted by molar-refractivity contribution is 5.68. The number of carboxylic acids is 1. The molecule has 2 aliphatic carbocycles. The molecule has 0 aromatic carbocycles. The number of unbranched alkanes of at least 4 members (excludes halogenated alkanes) is 1. The molecule has 1 heterocycles. The lowest BCUT2D eigenvalue weighted by molar-refractivity contribution is -0.137. The van der Waals surface area contributed by atoms with Crippen molar-refractivity contribution in [3.63, 3.8) is 0 Å². The Bertz CT molecular complexity index is 733. The number of aliphatic carboxylic acids is 1. The van der Waals surface area contributed by atoms with E-state index in [-0.39, 0.29) is 12.3 Å². The highest BCUT2D eigenvalue weighted by Gasteiger charge is 2.41. The van der Waals surface area contributed by atoms with Gasteiger partial charge in [-0.1, -0.05) is 46.3 Å². The van der Waals surface area contributed by atoms with Crippen LogP contribution in [0.2, 0.25) is 0 Å². The summed E-state index contributed by atoms with van der Waals surface area (Å²) in [4.78, 5) is 11.6. The largest absolute Gasteiger partial charge is 0.481 e. The van der Waals surface area contributed by atoms with Gasteiger partial charge in [-0.25, -0.2) is 4.68 Å². The molecule has 0 spiro atoms. The molecule has 2 aliphatic rings. The molecule has 1 aromatic heterocycles. The van der Waals surface area contributed by atoms with Crippen molar-refractivity contribution in [1.82, 2.24) is 15.0 Å². The van der Waals surface area contributed by atoms with E-state index in [0.29, 0.717) is 29.9 Å². The highest BCUT2D eigenvalue weighted by Crippen LogP contribution is 2.50. The van der Waals surface area contributed by atoms with Crippen LogP contribution < -0.4 is 0 Å². The van der Waals surface area contributed by atoms with Crippen LogP contribution in [0.1, 0.15) is 128 Å². The van der Waals surface area contributed by atoms with Crippen molar-refractivity contribution in [3.05, 3.63) is 11.4 Å². The predicted molar refractivity (Wildman–Crippen MR) is 127 cm³/mol. The van der Waals surface area contributed by atoms with Crippen LogP contribution in [-0.2, 0) is 9.53 Å². The number of carbonyl (C=O) groups is 1. The van der Waals surface area contributed by atoms with E-state index >= 15 is 0 Å². The number of carboxylic acid groups (broad SMARTS) is 1. The topological polar surface area (TPSA) is 77.2 Å². The van der Waals surface area contributed by atoms with Crippen LogP contribution in [0.4, 0.5) is 0 Å². The van der Waals surface area contributed by atoms with Crippen molar-refractivity contribution in [2.75, 3.05) is 13.2 Å². The van der Waals surface area contributed by atoms with Crippen molar-refractivity contribution in [2.24, 2.45) is 17.3 Å². The molecule has 2 fully saturated rings. The first-order valence-electron chi connectivity index (χ1n) is 13.0. The summed E-state index contributed by atoms with van der Waals surface area (Å²) in [6.45, 7) is 13.1. The maximum Gasteiger partial charge on any atom is 0.304 e. The SMILES string of the molecule is CCCCOCCC[C@@H](CC(=O)O)c1nnn(C2CC(CC(C)(C)C(C)C)C2)c1C1CC1. The van der Waals surface area contributed by atoms with E-state index in [1.165, 1.54) is 37.8 Å². The zero-order chi connectivity index (χ0) is 23.3. The van der Waals surface area contributed by atoms with Crippen LogP contribution in [0.5, 0.6) is 0 Å². The fraction of sp³-hybridized carbons (Fsp3) is 0.885. The third-order valence-corrected chi connectivity index (χ3v) is 7.95. The second-order valence-corrected chi connectivity index (χ2v) is 11.3. The molecule has 1 aromatic rings. The lowest BCUT2D eigenvalue weighted by Gasteiger charge is -2.42. The number of rotatable bonds is 15. The van der Waals surface area contributed by atoms with Crippen molar-refractivity contribution in [3.8, 4) is 0 Å². The molecular formula is C26H45N3O3. The number of hydrogen-bond acceptors (Lipinski definition) is 4. The van der Waals surface area contributed by atoms with Crippen LogP contribution in [-0.4, -0.2) is 39.3 Å². The molecule has 0 unspecified atom stereocenters. The third kappa shape index (κ3) is 6.55. The Morgan fingerprint density at radius 2 is 1.91 bits per heavy atom. The van der Waals surface area contributed by atoms with Crippen molar-refractivity contribution >= 4 is 5.97 Å². The van der Waals surface area contributed by atoms with Gasteiger partial charge in [0, 0.05) is 25.0 Å². The molecular weight excluding hydrogens is 402 g/mol. The van der Waals surface area contributed by atoms with E-state index in [1.54, 1.807) is 0 Å². The molecule has 6 nitrogen and oxygen atoms in total. The van der Waals surface area contributed by atoms with Gasteiger partial charge in [0.1, 0.15) is 0 Å². The molecule has 0 amide bonds. The van der Waals surface area contributed by atoms with E-state index in [0.717, 1.165) is 43.9 Å². The van der Waals surface area contributed by atoms with Gasteiger partial charge in [0.25, 0.3) is 0 Å². The first-order chi connectivity index (χ1) is 15.2. The van der Waals surface area contributed by atoms with Crippen molar-refractivity contribution in [1.29, 1.82) is 0 Å². The van der Waals surface area contributed by atoms with E-state index in [9.17, 15) is 9.90 Å². The Kier molecular flexibility index (Phi) is 8.76. The lowest BCUT2D eigenvalue weighted by atomic mass is 9.67. The monoisotopic (exact) mass is 447 g/mol. The molecule has 6 heteroatoms. The molecule has 182 valence electrons. The highest BCUT2D eigenvalue weighted by atomic mass is 16.5. The molecule has 32 heavy (non-hydrogen) atoms. The molecule has 3 rings (SSSR count). The van der Waals surface area contributed by atoms with E-state index < -0.39 is 5.97 Å². The smallest absolute Gasteiger partial charge is 0.304 e. The zero-order valence-corrected chi connectivity index (χ0v) is 21.0. The van der Waals surface area contributed by atoms with Crippen LogP contribution in [0.3, 0.4) is 0 Å². The summed E-state index contributed by atoms with van der Waals surface area (Å²) in [7, 11) is 0. The maximum absolute atomic E-state index is 11.6. The van der Waals surface area contributed by atoms with Gasteiger partial charge in [-0.05, 0) is 68.6 Å². The minimum Gasteiger partial charge on any atom is -0.481 e. The summed E-state index contributed by atoms with van der Waals surface area (Å²) in [6.07, 6.45) is 9.97. The maximum atomic E-state index is 11.6. The van der Waals surface area contributed by atoms with Gasteiger partial charge >= 0.3 is 5.97 Å². The normalized spacial score (nSPS) is 22.2. The zero-order valence-electron chi connectivity index (χ0n) is 21.0. The van der Waals surface area contributed by atoms with Crippen LogP contribution in [0.25, 0.3) is 0 Å². The molecule has 0 bridgehead atoms. The fourth-order valence-corrected chi connectivity index (χ4v) is 5.00. The number of nitrogens with zero attached hydrogens (tertiary/aromatic N) is 3. The van der Waals surface area contributed by atoms with Crippen LogP contribution >= 0.6 is 0 Å². The second kappa shape index (κ2) is 11.1.